The number of aromatic nitrogens is 2. The monoisotopic (exact) mass is 467 g/mol. The Hall–Kier alpha value is -3.34. The van der Waals surface area contributed by atoms with Crippen LogP contribution in [0.3, 0.4) is 0 Å². The van der Waals surface area contributed by atoms with Crippen molar-refractivity contribution in [1.29, 1.82) is 0 Å². The molecule has 1 fully saturated rings. The Morgan fingerprint density at radius 3 is 2.33 bits per heavy atom. The Labute approximate surface area is 184 Å². The zero-order chi connectivity index (χ0) is 23.9. The average molecular weight is 467 g/mol. The predicted octanol–water partition coefficient (Wildman–Crippen LogP) is 3.67. The quantitative estimate of drug-likeness (QED) is 0.550. The van der Waals surface area contributed by atoms with Crippen LogP contribution in [0.2, 0.25) is 0 Å². The van der Waals surface area contributed by atoms with Crippen molar-refractivity contribution in [3.8, 4) is 11.4 Å². The van der Waals surface area contributed by atoms with Crippen molar-refractivity contribution >= 4 is 16.9 Å². The van der Waals surface area contributed by atoms with Gasteiger partial charge in [-0.15, -0.1) is 4.73 Å². The number of halogens is 5. The van der Waals surface area contributed by atoms with E-state index in [4.69, 9.17) is 0 Å². The zero-order valence-electron chi connectivity index (χ0n) is 17.3. The molecule has 6 nitrogen and oxygen atoms in total. The van der Waals surface area contributed by atoms with Gasteiger partial charge in [0, 0.05) is 11.6 Å². The van der Waals surface area contributed by atoms with Gasteiger partial charge in [0.15, 0.2) is 11.6 Å². The molecular weight excluding hydrogens is 449 g/mol. The highest BCUT2D eigenvalue weighted by Gasteiger charge is 2.42. The first kappa shape index (κ1) is 22.8. The number of likely N-dealkylation sites (tertiary alicyclic amines) is 1. The molecule has 3 aromatic rings. The number of piperidine rings is 1. The van der Waals surface area contributed by atoms with Gasteiger partial charge in [0.1, 0.15) is 11.3 Å². The first-order chi connectivity index (χ1) is 15.5. The number of rotatable bonds is 3. The van der Waals surface area contributed by atoms with Crippen molar-refractivity contribution in [3.63, 3.8) is 0 Å². The Morgan fingerprint density at radius 1 is 1.09 bits per heavy atom. The topological polar surface area (TPSA) is 64.4 Å². The predicted molar refractivity (Wildman–Crippen MR) is 108 cm³/mol. The smallest absolute Gasteiger partial charge is 0.323 e. The van der Waals surface area contributed by atoms with Gasteiger partial charge in [-0.1, -0.05) is 24.3 Å². The standard InChI is InChI=1S/C22H18F5N3O3/c1-29-8-6-13(7-9-29)12-2-4-14(5-3-12)19-28-18-16(10-15(23)11-17(18)24)20(31)30(19)33-21(32)22(25,26)27/h2-5,10-11,13H,6-9H2,1H3. The molecule has 0 radical (unpaired) electrons. The van der Waals surface area contributed by atoms with Crippen molar-refractivity contribution in [2.75, 3.05) is 20.1 Å². The summed E-state index contributed by atoms with van der Waals surface area (Å²) in [7, 11) is 2.03. The summed E-state index contributed by atoms with van der Waals surface area (Å²) in [6.45, 7) is 1.84. The Bertz CT molecular complexity index is 1260. The van der Waals surface area contributed by atoms with Crippen LogP contribution in [0, 0.1) is 11.6 Å². The molecule has 1 aliphatic heterocycles. The van der Waals surface area contributed by atoms with Crippen LogP contribution < -0.4 is 10.4 Å². The number of carbonyl (C=O) groups excluding carboxylic acids is 1. The Morgan fingerprint density at radius 2 is 1.73 bits per heavy atom. The lowest BCUT2D eigenvalue weighted by Gasteiger charge is -2.29. The van der Waals surface area contributed by atoms with Crippen molar-refractivity contribution < 1.29 is 31.6 Å². The highest BCUT2D eigenvalue weighted by Crippen LogP contribution is 2.29. The average Bonchev–Trinajstić information content (AvgIpc) is 2.76. The molecule has 0 atom stereocenters. The van der Waals surface area contributed by atoms with Gasteiger partial charge in [-0.25, -0.2) is 18.6 Å². The van der Waals surface area contributed by atoms with E-state index in [9.17, 15) is 31.5 Å². The third-order valence-electron chi connectivity index (χ3n) is 5.62. The van der Waals surface area contributed by atoms with E-state index >= 15 is 0 Å². The largest absolute Gasteiger partial charge is 0.493 e. The van der Waals surface area contributed by atoms with Gasteiger partial charge >= 0.3 is 12.1 Å². The van der Waals surface area contributed by atoms with E-state index in [-0.39, 0.29) is 16.2 Å². The third kappa shape index (κ3) is 4.58. The normalized spacial score (nSPS) is 15.7. The number of fused-ring (bicyclic) bond motifs is 1. The summed E-state index contributed by atoms with van der Waals surface area (Å²) in [6, 6.07) is 7.57. The molecule has 0 unspecified atom stereocenters. The zero-order valence-corrected chi connectivity index (χ0v) is 17.3. The van der Waals surface area contributed by atoms with Gasteiger partial charge in [0.2, 0.25) is 0 Å². The highest BCUT2D eigenvalue weighted by atomic mass is 19.4. The Balaban J connectivity index is 1.82. The molecule has 0 spiro atoms. The summed E-state index contributed by atoms with van der Waals surface area (Å²) < 4.78 is 66.3. The van der Waals surface area contributed by atoms with E-state index in [1.807, 2.05) is 7.05 Å². The van der Waals surface area contributed by atoms with E-state index in [0.717, 1.165) is 31.5 Å². The van der Waals surface area contributed by atoms with Crippen LogP contribution in [0.15, 0.2) is 41.2 Å². The number of hydrogen-bond donors (Lipinski definition) is 0. The molecule has 1 aromatic heterocycles. The molecule has 0 saturated carbocycles. The summed E-state index contributed by atoms with van der Waals surface area (Å²) in [6.07, 6.45) is -3.56. The van der Waals surface area contributed by atoms with Crippen LogP contribution >= 0.6 is 0 Å². The number of hydrogen-bond acceptors (Lipinski definition) is 5. The lowest BCUT2D eigenvalue weighted by molar-refractivity contribution is -0.200. The molecule has 11 heteroatoms. The fourth-order valence-corrected chi connectivity index (χ4v) is 3.85. The molecule has 0 amide bonds. The maximum Gasteiger partial charge on any atom is 0.493 e. The summed E-state index contributed by atoms with van der Waals surface area (Å²) in [5, 5.41) is -0.672. The summed E-state index contributed by atoms with van der Waals surface area (Å²) in [5.74, 6) is -5.23. The van der Waals surface area contributed by atoms with Gasteiger partial charge in [-0.05, 0) is 50.5 Å². The van der Waals surface area contributed by atoms with Crippen LogP contribution in [0.5, 0.6) is 0 Å². The van der Waals surface area contributed by atoms with Gasteiger partial charge in [0.25, 0.3) is 5.56 Å². The number of benzene rings is 2. The third-order valence-corrected chi connectivity index (χ3v) is 5.62. The van der Waals surface area contributed by atoms with Crippen LogP contribution in [-0.4, -0.2) is 46.9 Å². The van der Waals surface area contributed by atoms with Gasteiger partial charge in [-0.2, -0.15) is 13.2 Å². The number of nitrogens with zero attached hydrogens (tertiary/aromatic N) is 3. The van der Waals surface area contributed by atoms with E-state index in [2.05, 4.69) is 14.7 Å². The molecule has 4 rings (SSSR count). The van der Waals surface area contributed by atoms with E-state index in [0.29, 0.717) is 12.1 Å². The van der Waals surface area contributed by atoms with E-state index in [1.165, 1.54) is 12.1 Å². The van der Waals surface area contributed by atoms with Crippen molar-refractivity contribution in [2.24, 2.45) is 0 Å². The molecule has 33 heavy (non-hydrogen) atoms. The second-order valence-corrected chi connectivity index (χ2v) is 7.89. The first-order valence-electron chi connectivity index (χ1n) is 10.0. The first-order valence-corrected chi connectivity index (χ1v) is 10.0. The number of alkyl halides is 3. The van der Waals surface area contributed by atoms with Gasteiger partial charge < -0.3 is 9.74 Å². The summed E-state index contributed by atoms with van der Waals surface area (Å²) in [5.41, 5.74) is -0.813. The molecular formula is C22H18F5N3O3. The second kappa shape index (κ2) is 8.54. The molecule has 2 heterocycles. The molecule has 174 valence electrons. The van der Waals surface area contributed by atoms with Gasteiger partial charge in [0.05, 0.1) is 5.39 Å². The highest BCUT2D eigenvalue weighted by molar-refractivity contribution is 5.81. The van der Waals surface area contributed by atoms with E-state index < -0.39 is 46.1 Å². The van der Waals surface area contributed by atoms with Gasteiger partial charge in [-0.3, -0.25) is 4.79 Å². The second-order valence-electron chi connectivity index (χ2n) is 7.89. The molecule has 0 N–H and O–H groups in total. The molecule has 0 aliphatic carbocycles. The molecule has 2 aromatic carbocycles. The van der Waals surface area contributed by atoms with E-state index in [1.54, 1.807) is 12.1 Å². The van der Waals surface area contributed by atoms with Crippen LogP contribution in [0.4, 0.5) is 22.0 Å². The maximum absolute atomic E-state index is 14.3. The minimum absolute atomic E-state index is 0.0155. The fourth-order valence-electron chi connectivity index (χ4n) is 3.85. The SMILES string of the molecule is CN1CCC(c2ccc(-c3nc4c(F)cc(F)cc4c(=O)n3OC(=O)C(F)(F)F)cc2)CC1. The molecule has 0 bridgehead atoms. The summed E-state index contributed by atoms with van der Waals surface area (Å²) >= 11 is 0. The maximum atomic E-state index is 14.3. The van der Waals surface area contributed by atoms with Crippen LogP contribution in [0.1, 0.15) is 24.3 Å². The minimum atomic E-state index is -5.41. The number of carbonyl (C=O) groups is 1. The summed E-state index contributed by atoms with van der Waals surface area (Å²) in [4.78, 5) is 34.6. The van der Waals surface area contributed by atoms with Crippen molar-refractivity contribution in [3.05, 3.63) is 63.9 Å². The minimum Gasteiger partial charge on any atom is -0.323 e. The van der Waals surface area contributed by atoms with Crippen molar-refractivity contribution in [1.82, 2.24) is 14.6 Å². The van der Waals surface area contributed by atoms with Crippen molar-refractivity contribution in [2.45, 2.75) is 24.9 Å². The molecule has 1 saturated heterocycles. The van der Waals surface area contributed by atoms with Crippen LogP contribution in [-0.2, 0) is 4.79 Å². The Kier molecular flexibility index (Phi) is 5.91. The molecule has 1 aliphatic rings. The fraction of sp³-hybridized carbons (Fsp3) is 0.318. The lowest BCUT2D eigenvalue weighted by atomic mass is 9.89. The lowest BCUT2D eigenvalue weighted by Crippen LogP contribution is -2.39. The van der Waals surface area contributed by atoms with Crippen LogP contribution in [0.25, 0.3) is 22.3 Å².